The smallest absolute Gasteiger partial charge is 0.306 e. The lowest BCUT2D eigenvalue weighted by Crippen LogP contribution is -2.20. The van der Waals surface area contributed by atoms with E-state index in [9.17, 15) is 4.79 Å². The number of hydrogen-bond acceptors (Lipinski definition) is 2. The van der Waals surface area contributed by atoms with Crippen LogP contribution in [-0.4, -0.2) is 12.1 Å². The summed E-state index contributed by atoms with van der Waals surface area (Å²) in [4.78, 5) is 12.0. The normalized spacial score (nSPS) is 15.2. The second-order valence-electron chi connectivity index (χ2n) is 7.48. The molecule has 0 bridgehead atoms. The molecule has 0 amide bonds. The van der Waals surface area contributed by atoms with Crippen molar-refractivity contribution in [1.29, 1.82) is 0 Å². The second kappa shape index (κ2) is 15.0. The standard InChI is InChI=1S/C21H42O2/c1-6-9-10-11-12-13-14-15-21(22)23-20(8-3)17-19(5)16-18(4)7-2/h18-20H,6-17H2,1-5H3. The summed E-state index contributed by atoms with van der Waals surface area (Å²) in [6.45, 7) is 11.2. The zero-order valence-corrected chi connectivity index (χ0v) is 16.5. The summed E-state index contributed by atoms with van der Waals surface area (Å²) < 4.78 is 5.69. The molecule has 3 atom stereocenters. The van der Waals surface area contributed by atoms with Crippen molar-refractivity contribution in [2.45, 2.75) is 118 Å². The molecule has 23 heavy (non-hydrogen) atoms. The molecule has 0 fully saturated rings. The molecule has 0 aliphatic heterocycles. The van der Waals surface area contributed by atoms with Gasteiger partial charge in [0.25, 0.3) is 0 Å². The van der Waals surface area contributed by atoms with E-state index in [4.69, 9.17) is 4.74 Å². The van der Waals surface area contributed by atoms with Gasteiger partial charge in [-0.2, -0.15) is 0 Å². The molecule has 2 nitrogen and oxygen atoms in total. The molecule has 0 heterocycles. The van der Waals surface area contributed by atoms with E-state index >= 15 is 0 Å². The Hall–Kier alpha value is -0.530. The molecule has 0 saturated heterocycles. The van der Waals surface area contributed by atoms with Crippen LogP contribution in [0.25, 0.3) is 0 Å². The molecule has 0 radical (unpaired) electrons. The molecule has 138 valence electrons. The summed E-state index contributed by atoms with van der Waals surface area (Å²) in [6.07, 6.45) is 13.9. The van der Waals surface area contributed by atoms with Gasteiger partial charge in [0.1, 0.15) is 6.10 Å². The maximum atomic E-state index is 12.0. The minimum atomic E-state index is 0.0150. The summed E-state index contributed by atoms with van der Waals surface area (Å²) in [5.74, 6) is 1.42. The van der Waals surface area contributed by atoms with Crippen molar-refractivity contribution in [3.8, 4) is 0 Å². The lowest BCUT2D eigenvalue weighted by Gasteiger charge is -2.22. The Bertz CT molecular complexity index is 275. The van der Waals surface area contributed by atoms with Gasteiger partial charge < -0.3 is 4.74 Å². The van der Waals surface area contributed by atoms with Crippen LogP contribution in [0.3, 0.4) is 0 Å². The Labute approximate surface area is 145 Å². The monoisotopic (exact) mass is 326 g/mol. The van der Waals surface area contributed by atoms with Crippen molar-refractivity contribution in [3.63, 3.8) is 0 Å². The van der Waals surface area contributed by atoms with Crippen LogP contribution in [0.4, 0.5) is 0 Å². The van der Waals surface area contributed by atoms with E-state index < -0.39 is 0 Å². The fourth-order valence-corrected chi connectivity index (χ4v) is 3.17. The molecule has 0 spiro atoms. The van der Waals surface area contributed by atoms with Crippen LogP contribution in [0.2, 0.25) is 0 Å². The van der Waals surface area contributed by atoms with Crippen molar-refractivity contribution in [2.24, 2.45) is 11.8 Å². The van der Waals surface area contributed by atoms with E-state index in [1.807, 2.05) is 0 Å². The Balaban J connectivity index is 3.79. The van der Waals surface area contributed by atoms with Crippen molar-refractivity contribution in [2.75, 3.05) is 0 Å². The molecule has 0 saturated carbocycles. The first-order valence-corrected chi connectivity index (χ1v) is 10.2. The molecule has 0 aliphatic carbocycles. The van der Waals surface area contributed by atoms with Gasteiger partial charge in [0.05, 0.1) is 0 Å². The number of rotatable bonds is 15. The van der Waals surface area contributed by atoms with Gasteiger partial charge in [0.15, 0.2) is 0 Å². The predicted octanol–water partition coefficient (Wildman–Crippen LogP) is 6.91. The van der Waals surface area contributed by atoms with Crippen LogP contribution < -0.4 is 0 Å². The predicted molar refractivity (Wildman–Crippen MR) is 101 cm³/mol. The first-order valence-electron chi connectivity index (χ1n) is 10.2. The van der Waals surface area contributed by atoms with E-state index in [1.165, 1.54) is 51.4 Å². The molecule has 0 aliphatic rings. The van der Waals surface area contributed by atoms with Crippen LogP contribution >= 0.6 is 0 Å². The topological polar surface area (TPSA) is 26.3 Å². The number of esters is 1. The van der Waals surface area contributed by atoms with Crippen molar-refractivity contribution in [1.82, 2.24) is 0 Å². The second-order valence-corrected chi connectivity index (χ2v) is 7.48. The van der Waals surface area contributed by atoms with Gasteiger partial charge in [-0.25, -0.2) is 0 Å². The third-order valence-electron chi connectivity index (χ3n) is 4.90. The summed E-state index contributed by atoms with van der Waals surface area (Å²) in [5.41, 5.74) is 0. The molecular weight excluding hydrogens is 284 g/mol. The first-order chi connectivity index (χ1) is 11.0. The largest absolute Gasteiger partial charge is 0.462 e. The highest BCUT2D eigenvalue weighted by molar-refractivity contribution is 5.69. The lowest BCUT2D eigenvalue weighted by atomic mass is 9.91. The third kappa shape index (κ3) is 13.6. The summed E-state index contributed by atoms with van der Waals surface area (Å²) in [6, 6.07) is 0. The van der Waals surface area contributed by atoms with Gasteiger partial charge in [-0.3, -0.25) is 4.79 Å². The quantitative estimate of drug-likeness (QED) is 0.241. The number of unbranched alkanes of at least 4 members (excludes halogenated alkanes) is 6. The molecule has 0 N–H and O–H groups in total. The van der Waals surface area contributed by atoms with Crippen LogP contribution in [0.15, 0.2) is 0 Å². The highest BCUT2D eigenvalue weighted by Crippen LogP contribution is 2.22. The van der Waals surface area contributed by atoms with Crippen molar-refractivity contribution < 1.29 is 9.53 Å². The van der Waals surface area contributed by atoms with Gasteiger partial charge in [-0.15, -0.1) is 0 Å². The van der Waals surface area contributed by atoms with Crippen molar-refractivity contribution in [3.05, 3.63) is 0 Å². The molecule has 2 heteroatoms. The van der Waals surface area contributed by atoms with E-state index in [0.29, 0.717) is 12.3 Å². The average Bonchev–Trinajstić information content (AvgIpc) is 2.53. The van der Waals surface area contributed by atoms with Gasteiger partial charge in [-0.05, 0) is 37.5 Å². The van der Waals surface area contributed by atoms with Gasteiger partial charge >= 0.3 is 5.97 Å². The zero-order valence-electron chi connectivity index (χ0n) is 16.5. The van der Waals surface area contributed by atoms with E-state index in [-0.39, 0.29) is 12.1 Å². The highest BCUT2D eigenvalue weighted by Gasteiger charge is 2.17. The Kier molecular flexibility index (Phi) is 14.7. The number of hydrogen-bond donors (Lipinski definition) is 0. The van der Waals surface area contributed by atoms with Crippen molar-refractivity contribution >= 4 is 5.97 Å². The third-order valence-corrected chi connectivity index (χ3v) is 4.90. The Morgan fingerprint density at radius 3 is 1.96 bits per heavy atom. The summed E-state index contributed by atoms with van der Waals surface area (Å²) >= 11 is 0. The van der Waals surface area contributed by atoms with Gasteiger partial charge in [0.2, 0.25) is 0 Å². The number of ether oxygens (including phenoxy) is 1. The molecule has 0 rings (SSSR count). The van der Waals surface area contributed by atoms with Gasteiger partial charge in [0, 0.05) is 6.42 Å². The number of carbonyl (C=O) groups excluding carboxylic acids is 1. The average molecular weight is 327 g/mol. The lowest BCUT2D eigenvalue weighted by molar-refractivity contribution is -0.150. The SMILES string of the molecule is CCCCCCCCCC(=O)OC(CC)CC(C)CC(C)CC. The van der Waals surface area contributed by atoms with Crippen LogP contribution in [0.1, 0.15) is 112 Å². The number of carbonyl (C=O) groups is 1. The molecular formula is C21H42O2. The first kappa shape index (κ1) is 22.5. The Morgan fingerprint density at radius 1 is 0.783 bits per heavy atom. The van der Waals surface area contributed by atoms with E-state index in [0.717, 1.165) is 25.2 Å². The van der Waals surface area contributed by atoms with Crippen LogP contribution in [0.5, 0.6) is 0 Å². The minimum absolute atomic E-state index is 0.0150. The highest BCUT2D eigenvalue weighted by atomic mass is 16.5. The van der Waals surface area contributed by atoms with Gasteiger partial charge in [-0.1, -0.05) is 79.6 Å². The van der Waals surface area contributed by atoms with E-state index in [1.54, 1.807) is 0 Å². The summed E-state index contributed by atoms with van der Waals surface area (Å²) in [7, 11) is 0. The maximum absolute atomic E-state index is 12.0. The minimum Gasteiger partial charge on any atom is -0.462 e. The van der Waals surface area contributed by atoms with E-state index in [2.05, 4.69) is 34.6 Å². The van der Waals surface area contributed by atoms with Crippen LogP contribution in [0, 0.1) is 11.8 Å². The fraction of sp³-hybridized carbons (Fsp3) is 0.952. The Morgan fingerprint density at radius 2 is 1.39 bits per heavy atom. The molecule has 0 aromatic heterocycles. The molecule has 0 aromatic carbocycles. The maximum Gasteiger partial charge on any atom is 0.306 e. The fourth-order valence-electron chi connectivity index (χ4n) is 3.17. The van der Waals surface area contributed by atoms with Crippen LogP contribution in [-0.2, 0) is 9.53 Å². The summed E-state index contributed by atoms with van der Waals surface area (Å²) in [5, 5.41) is 0. The zero-order chi connectivity index (χ0) is 17.5. The molecule has 0 aromatic rings. The molecule has 3 unspecified atom stereocenters.